The summed E-state index contributed by atoms with van der Waals surface area (Å²) in [5, 5.41) is 4.14. The molecule has 0 saturated heterocycles. The van der Waals surface area contributed by atoms with Crippen LogP contribution < -0.4 is 14.8 Å². The lowest BCUT2D eigenvalue weighted by Gasteiger charge is -2.11. The molecule has 2 heterocycles. The van der Waals surface area contributed by atoms with Gasteiger partial charge in [-0.05, 0) is 80.1 Å². The average molecular weight is 539 g/mol. The Hall–Kier alpha value is -4.83. The van der Waals surface area contributed by atoms with Crippen LogP contribution in [-0.4, -0.2) is 35.5 Å². The summed E-state index contributed by atoms with van der Waals surface area (Å²) in [7, 11) is -2.23. The van der Waals surface area contributed by atoms with Gasteiger partial charge < -0.3 is 10.1 Å². The third kappa shape index (κ3) is 6.19. The molecular weight excluding hydrogens is 512 g/mol. The van der Waals surface area contributed by atoms with E-state index >= 15 is 0 Å². The first kappa shape index (κ1) is 25.8. The number of anilines is 3. The van der Waals surface area contributed by atoms with E-state index in [0.29, 0.717) is 28.7 Å². The summed E-state index contributed by atoms with van der Waals surface area (Å²) in [5.74, 6) is 1.96. The van der Waals surface area contributed by atoms with E-state index in [0.717, 1.165) is 22.2 Å². The van der Waals surface area contributed by atoms with E-state index in [4.69, 9.17) is 9.72 Å². The molecule has 39 heavy (non-hydrogen) atoms. The minimum atomic E-state index is -3.86. The van der Waals surface area contributed by atoms with Gasteiger partial charge in [0.15, 0.2) is 5.82 Å². The van der Waals surface area contributed by atoms with Crippen LogP contribution >= 0.6 is 0 Å². The number of aromatic nitrogens is 4. The molecule has 196 valence electrons. The van der Waals surface area contributed by atoms with Crippen LogP contribution in [0.15, 0.2) is 83.8 Å². The van der Waals surface area contributed by atoms with Crippen molar-refractivity contribution in [2.24, 2.45) is 0 Å². The fourth-order valence-corrected chi connectivity index (χ4v) is 4.90. The van der Waals surface area contributed by atoms with Crippen molar-refractivity contribution in [1.29, 1.82) is 0 Å². The molecule has 0 aliphatic carbocycles. The molecule has 0 atom stereocenters. The summed E-state index contributed by atoms with van der Waals surface area (Å²) in [6.45, 7) is 3.56. The van der Waals surface area contributed by atoms with Crippen molar-refractivity contribution in [3.8, 4) is 5.75 Å². The number of hydrogen-bond acceptors (Lipinski definition) is 8. The quantitative estimate of drug-likeness (QED) is 0.256. The van der Waals surface area contributed by atoms with Crippen molar-refractivity contribution in [2.75, 3.05) is 17.1 Å². The van der Waals surface area contributed by atoms with Crippen LogP contribution in [-0.2, 0) is 10.0 Å². The van der Waals surface area contributed by atoms with Crippen molar-refractivity contribution >= 4 is 50.5 Å². The van der Waals surface area contributed by atoms with Gasteiger partial charge >= 0.3 is 0 Å². The summed E-state index contributed by atoms with van der Waals surface area (Å²) < 4.78 is 33.4. The van der Waals surface area contributed by atoms with E-state index in [1.54, 1.807) is 39.2 Å². The van der Waals surface area contributed by atoms with E-state index in [9.17, 15) is 8.42 Å². The zero-order chi connectivity index (χ0) is 27.4. The van der Waals surface area contributed by atoms with Crippen LogP contribution in [0, 0.1) is 13.8 Å². The lowest BCUT2D eigenvalue weighted by Crippen LogP contribution is -2.15. The summed E-state index contributed by atoms with van der Waals surface area (Å²) in [6, 6.07) is 23.5. The molecule has 0 amide bonds. The Bertz CT molecular complexity index is 1750. The molecule has 0 fully saturated rings. The maximum atomic E-state index is 12.9. The SMILES string of the molecule is COc1ccc(/C=C/c2nc(Nc3ccc(S(=O)(=O)Nc4nc(C)cc(C)n4)cc3)c3ccccc3n2)cc1. The monoisotopic (exact) mass is 538 g/mol. The first-order valence-electron chi connectivity index (χ1n) is 12.1. The number of nitrogens with one attached hydrogen (secondary N) is 2. The molecule has 2 N–H and O–H groups in total. The molecule has 0 spiro atoms. The molecule has 5 aromatic rings. The maximum absolute atomic E-state index is 12.9. The lowest BCUT2D eigenvalue weighted by atomic mass is 10.2. The molecule has 0 unspecified atom stereocenters. The van der Waals surface area contributed by atoms with Gasteiger partial charge in [-0.2, -0.15) is 0 Å². The molecule has 3 aromatic carbocycles. The largest absolute Gasteiger partial charge is 0.497 e. The fraction of sp³-hybridized carbons (Fsp3) is 0.103. The third-order valence-corrected chi connectivity index (χ3v) is 7.14. The van der Waals surface area contributed by atoms with Crippen LogP contribution in [0.25, 0.3) is 23.1 Å². The minimum absolute atomic E-state index is 0.0392. The molecule has 9 nitrogen and oxygen atoms in total. The summed E-state index contributed by atoms with van der Waals surface area (Å²) in [6.07, 6.45) is 3.77. The third-order valence-electron chi connectivity index (χ3n) is 5.80. The summed E-state index contributed by atoms with van der Waals surface area (Å²) in [5.41, 5.74) is 3.79. The van der Waals surface area contributed by atoms with Gasteiger partial charge in [-0.3, -0.25) is 0 Å². The highest BCUT2D eigenvalue weighted by Gasteiger charge is 2.16. The van der Waals surface area contributed by atoms with E-state index in [1.807, 2.05) is 60.7 Å². The Labute approximate surface area is 226 Å². The number of nitrogens with zero attached hydrogens (tertiary/aromatic N) is 4. The molecule has 0 radical (unpaired) electrons. The van der Waals surface area contributed by atoms with Crippen LogP contribution in [0.4, 0.5) is 17.5 Å². The smallest absolute Gasteiger partial charge is 0.264 e. The topological polar surface area (TPSA) is 119 Å². The van der Waals surface area contributed by atoms with Crippen LogP contribution in [0.1, 0.15) is 22.8 Å². The van der Waals surface area contributed by atoms with Crippen molar-refractivity contribution in [1.82, 2.24) is 19.9 Å². The predicted octanol–water partition coefficient (Wildman–Crippen LogP) is 5.76. The van der Waals surface area contributed by atoms with E-state index < -0.39 is 10.0 Å². The van der Waals surface area contributed by atoms with Gasteiger partial charge in [-0.15, -0.1) is 0 Å². The van der Waals surface area contributed by atoms with Crippen LogP contribution in [0.3, 0.4) is 0 Å². The number of para-hydroxylation sites is 1. The Morgan fingerprint density at radius 3 is 2.18 bits per heavy atom. The molecule has 10 heteroatoms. The highest BCUT2D eigenvalue weighted by molar-refractivity contribution is 7.92. The van der Waals surface area contributed by atoms with Gasteiger partial charge in [0.1, 0.15) is 11.6 Å². The zero-order valence-corrected chi connectivity index (χ0v) is 22.4. The Morgan fingerprint density at radius 2 is 1.49 bits per heavy atom. The molecular formula is C29H26N6O3S. The van der Waals surface area contributed by atoms with E-state index in [1.165, 1.54) is 12.1 Å². The van der Waals surface area contributed by atoms with Gasteiger partial charge in [0.2, 0.25) is 5.95 Å². The Morgan fingerprint density at radius 1 is 0.795 bits per heavy atom. The average Bonchev–Trinajstić information content (AvgIpc) is 2.92. The second kappa shape index (κ2) is 10.9. The van der Waals surface area contributed by atoms with Crippen molar-refractivity contribution in [3.63, 3.8) is 0 Å². The van der Waals surface area contributed by atoms with Crippen molar-refractivity contribution < 1.29 is 13.2 Å². The first-order chi connectivity index (χ1) is 18.8. The fourth-order valence-electron chi connectivity index (χ4n) is 3.95. The van der Waals surface area contributed by atoms with Crippen LogP contribution in [0.5, 0.6) is 5.75 Å². The lowest BCUT2D eigenvalue weighted by molar-refractivity contribution is 0.415. The van der Waals surface area contributed by atoms with E-state index in [2.05, 4.69) is 25.0 Å². The number of hydrogen-bond donors (Lipinski definition) is 2. The number of benzene rings is 3. The minimum Gasteiger partial charge on any atom is -0.497 e. The summed E-state index contributed by atoms with van der Waals surface area (Å²) >= 11 is 0. The van der Waals surface area contributed by atoms with Crippen LogP contribution in [0.2, 0.25) is 0 Å². The molecule has 2 aromatic heterocycles. The second-order valence-electron chi connectivity index (χ2n) is 8.78. The molecule has 0 saturated carbocycles. The van der Waals surface area contributed by atoms with E-state index in [-0.39, 0.29) is 10.8 Å². The van der Waals surface area contributed by atoms with Crippen molar-refractivity contribution in [3.05, 3.63) is 102 Å². The standard InChI is InChI=1S/C29H26N6O3S/c1-19-18-20(2)31-29(30-19)35-39(36,37)24-15-11-22(12-16-24)32-28-25-6-4-5-7-26(25)33-27(34-28)17-10-21-8-13-23(38-3)14-9-21/h4-18H,1-3H3,(H,30,31,35)(H,32,33,34)/b17-10+. The molecule has 0 aliphatic rings. The maximum Gasteiger partial charge on any atom is 0.264 e. The second-order valence-corrected chi connectivity index (χ2v) is 10.5. The highest BCUT2D eigenvalue weighted by atomic mass is 32.2. The van der Waals surface area contributed by atoms with Gasteiger partial charge in [-0.25, -0.2) is 33.1 Å². The number of aryl methyl sites for hydroxylation is 2. The zero-order valence-electron chi connectivity index (χ0n) is 21.6. The number of fused-ring (bicyclic) bond motifs is 1. The number of ether oxygens (including phenoxy) is 1. The van der Waals surface area contributed by atoms with Crippen molar-refractivity contribution in [2.45, 2.75) is 18.7 Å². The summed E-state index contributed by atoms with van der Waals surface area (Å²) in [4.78, 5) is 17.8. The Kier molecular flexibility index (Phi) is 7.20. The number of rotatable bonds is 8. The van der Waals surface area contributed by atoms with Gasteiger partial charge in [0.05, 0.1) is 17.5 Å². The number of sulfonamides is 1. The van der Waals surface area contributed by atoms with Gasteiger partial charge in [0, 0.05) is 22.5 Å². The van der Waals surface area contributed by atoms with Gasteiger partial charge in [-0.1, -0.05) is 30.3 Å². The highest BCUT2D eigenvalue weighted by Crippen LogP contribution is 2.26. The number of methoxy groups -OCH3 is 1. The molecule has 5 rings (SSSR count). The first-order valence-corrected chi connectivity index (χ1v) is 13.6. The molecule has 0 aliphatic heterocycles. The van der Waals surface area contributed by atoms with Gasteiger partial charge in [0.25, 0.3) is 10.0 Å². The molecule has 0 bridgehead atoms. The Balaban J connectivity index is 1.39. The predicted molar refractivity (Wildman–Crippen MR) is 153 cm³/mol. The normalized spacial score (nSPS) is 11.6.